The van der Waals surface area contributed by atoms with Crippen molar-refractivity contribution in [3.05, 3.63) is 47.8 Å². The van der Waals surface area contributed by atoms with Gasteiger partial charge in [0.15, 0.2) is 0 Å². The Hall–Kier alpha value is -1.83. The second-order valence-corrected chi connectivity index (χ2v) is 4.30. The van der Waals surface area contributed by atoms with Crippen molar-refractivity contribution < 1.29 is 0 Å². The van der Waals surface area contributed by atoms with Crippen molar-refractivity contribution >= 4 is 5.69 Å². The number of fused-ring (bicyclic) bond motifs is 1. The van der Waals surface area contributed by atoms with E-state index in [9.17, 15) is 0 Å². The number of hydrogen-bond acceptors (Lipinski definition) is 2. The number of pyridine rings is 1. The van der Waals surface area contributed by atoms with E-state index in [4.69, 9.17) is 5.73 Å². The third-order valence-corrected chi connectivity index (χ3v) is 3.26. The lowest BCUT2D eigenvalue weighted by atomic mass is 10.0. The maximum absolute atomic E-state index is 5.94. The Bertz CT molecular complexity index is 532. The van der Waals surface area contributed by atoms with Gasteiger partial charge in [-0.2, -0.15) is 0 Å². The number of nitrogen functional groups attached to an aromatic ring is 1. The fourth-order valence-corrected chi connectivity index (χ4v) is 2.41. The van der Waals surface area contributed by atoms with Gasteiger partial charge in [0, 0.05) is 11.8 Å². The highest BCUT2D eigenvalue weighted by Gasteiger charge is 2.12. The van der Waals surface area contributed by atoms with Gasteiger partial charge in [0.05, 0.1) is 11.9 Å². The molecule has 0 spiro atoms. The van der Waals surface area contributed by atoms with E-state index < -0.39 is 0 Å². The van der Waals surface area contributed by atoms with Crippen LogP contribution in [0, 0.1) is 0 Å². The van der Waals surface area contributed by atoms with Crippen molar-refractivity contribution in [1.82, 2.24) is 4.98 Å². The molecular weight excluding hydrogens is 196 g/mol. The van der Waals surface area contributed by atoms with Gasteiger partial charge in [-0.1, -0.05) is 18.2 Å². The van der Waals surface area contributed by atoms with E-state index in [1.807, 2.05) is 6.07 Å². The average Bonchev–Trinajstić information content (AvgIpc) is 2.76. The second-order valence-electron chi connectivity index (χ2n) is 4.30. The zero-order valence-electron chi connectivity index (χ0n) is 9.11. The van der Waals surface area contributed by atoms with Crippen molar-refractivity contribution in [3.8, 4) is 11.1 Å². The zero-order valence-corrected chi connectivity index (χ0v) is 9.11. The fourth-order valence-electron chi connectivity index (χ4n) is 2.41. The molecule has 0 atom stereocenters. The van der Waals surface area contributed by atoms with Crippen LogP contribution in [0.4, 0.5) is 5.69 Å². The van der Waals surface area contributed by atoms with Crippen LogP contribution in [0.2, 0.25) is 0 Å². The van der Waals surface area contributed by atoms with Crippen LogP contribution in [0.15, 0.2) is 36.7 Å². The number of aryl methyl sites for hydroxylation is 2. The zero-order chi connectivity index (χ0) is 11.0. The molecule has 2 heteroatoms. The molecule has 3 rings (SSSR count). The van der Waals surface area contributed by atoms with Gasteiger partial charge in [0.1, 0.15) is 0 Å². The van der Waals surface area contributed by atoms with Gasteiger partial charge >= 0.3 is 0 Å². The SMILES string of the molecule is Nc1cnccc1-c1ccc2c(c1)CCC2. The largest absolute Gasteiger partial charge is 0.397 e. The molecule has 16 heavy (non-hydrogen) atoms. The van der Waals surface area contributed by atoms with E-state index in [-0.39, 0.29) is 0 Å². The predicted molar refractivity (Wildman–Crippen MR) is 66.1 cm³/mol. The number of aromatic nitrogens is 1. The molecule has 80 valence electrons. The van der Waals surface area contributed by atoms with E-state index in [2.05, 4.69) is 23.2 Å². The van der Waals surface area contributed by atoms with Crippen LogP contribution in [0.25, 0.3) is 11.1 Å². The first-order valence-corrected chi connectivity index (χ1v) is 5.66. The summed E-state index contributed by atoms with van der Waals surface area (Å²) in [6.45, 7) is 0. The Balaban J connectivity index is 2.11. The fraction of sp³-hybridized carbons (Fsp3) is 0.214. The summed E-state index contributed by atoms with van der Waals surface area (Å²) < 4.78 is 0. The minimum atomic E-state index is 0.750. The van der Waals surface area contributed by atoms with Gasteiger partial charge in [-0.25, -0.2) is 0 Å². The summed E-state index contributed by atoms with van der Waals surface area (Å²) >= 11 is 0. The van der Waals surface area contributed by atoms with Gasteiger partial charge in [-0.3, -0.25) is 4.98 Å². The van der Waals surface area contributed by atoms with Crippen molar-refractivity contribution in [2.75, 3.05) is 5.73 Å². The summed E-state index contributed by atoms with van der Waals surface area (Å²) in [7, 11) is 0. The number of benzene rings is 1. The van der Waals surface area contributed by atoms with E-state index >= 15 is 0 Å². The van der Waals surface area contributed by atoms with Gasteiger partial charge in [0.25, 0.3) is 0 Å². The Kier molecular flexibility index (Phi) is 2.13. The average molecular weight is 210 g/mol. The Morgan fingerprint density at radius 2 is 1.94 bits per heavy atom. The van der Waals surface area contributed by atoms with Crippen LogP contribution in [0.5, 0.6) is 0 Å². The molecule has 0 bridgehead atoms. The monoisotopic (exact) mass is 210 g/mol. The summed E-state index contributed by atoms with van der Waals surface area (Å²) in [6.07, 6.45) is 7.21. The lowest BCUT2D eigenvalue weighted by molar-refractivity contribution is 0.912. The van der Waals surface area contributed by atoms with Crippen LogP contribution >= 0.6 is 0 Å². The Morgan fingerprint density at radius 3 is 2.81 bits per heavy atom. The minimum absolute atomic E-state index is 0.750. The van der Waals surface area contributed by atoms with Crippen molar-refractivity contribution in [1.29, 1.82) is 0 Å². The molecule has 1 aliphatic rings. The molecule has 0 saturated heterocycles. The summed E-state index contributed by atoms with van der Waals surface area (Å²) in [5.41, 5.74) is 12.0. The first kappa shape index (κ1) is 9.40. The molecule has 1 aliphatic carbocycles. The maximum Gasteiger partial charge on any atom is 0.0580 e. The highest BCUT2D eigenvalue weighted by molar-refractivity contribution is 5.76. The normalized spacial score (nSPS) is 13.8. The van der Waals surface area contributed by atoms with Gasteiger partial charge in [0.2, 0.25) is 0 Å². The van der Waals surface area contributed by atoms with Gasteiger partial charge in [-0.15, -0.1) is 0 Å². The molecule has 1 aromatic heterocycles. The smallest absolute Gasteiger partial charge is 0.0580 e. The molecule has 1 aromatic carbocycles. The van der Waals surface area contributed by atoms with Crippen molar-refractivity contribution in [3.63, 3.8) is 0 Å². The minimum Gasteiger partial charge on any atom is -0.397 e. The lowest BCUT2D eigenvalue weighted by Gasteiger charge is -2.07. The second kappa shape index (κ2) is 3.63. The third-order valence-electron chi connectivity index (χ3n) is 3.26. The molecule has 2 N–H and O–H groups in total. The number of hydrogen-bond donors (Lipinski definition) is 1. The van der Waals surface area contributed by atoms with Crippen LogP contribution < -0.4 is 5.73 Å². The highest BCUT2D eigenvalue weighted by atomic mass is 14.7. The lowest BCUT2D eigenvalue weighted by Crippen LogP contribution is -1.92. The Morgan fingerprint density at radius 1 is 1.06 bits per heavy atom. The number of nitrogens with zero attached hydrogens (tertiary/aromatic N) is 1. The molecule has 0 unspecified atom stereocenters. The van der Waals surface area contributed by atoms with Crippen LogP contribution in [0.3, 0.4) is 0 Å². The number of rotatable bonds is 1. The van der Waals surface area contributed by atoms with Crippen LogP contribution in [-0.2, 0) is 12.8 Å². The van der Waals surface area contributed by atoms with E-state index in [1.165, 1.54) is 36.0 Å². The van der Waals surface area contributed by atoms with Crippen LogP contribution in [0.1, 0.15) is 17.5 Å². The van der Waals surface area contributed by atoms with E-state index in [1.54, 1.807) is 12.4 Å². The topological polar surface area (TPSA) is 38.9 Å². The molecule has 0 amide bonds. The summed E-state index contributed by atoms with van der Waals surface area (Å²) in [4.78, 5) is 4.02. The van der Waals surface area contributed by atoms with Gasteiger partial charge < -0.3 is 5.73 Å². The predicted octanol–water partition coefficient (Wildman–Crippen LogP) is 2.82. The quantitative estimate of drug-likeness (QED) is 0.786. The molecule has 0 radical (unpaired) electrons. The standard InChI is InChI=1S/C14H14N2/c15-14-9-16-7-6-13(14)12-5-4-10-2-1-3-11(10)8-12/h4-9H,1-3,15H2. The van der Waals surface area contributed by atoms with Gasteiger partial charge in [-0.05, 0) is 42.0 Å². The summed E-state index contributed by atoms with van der Waals surface area (Å²) in [5.74, 6) is 0. The third kappa shape index (κ3) is 1.47. The molecule has 2 aromatic rings. The summed E-state index contributed by atoms with van der Waals surface area (Å²) in [5, 5.41) is 0. The first-order chi connectivity index (χ1) is 7.84. The van der Waals surface area contributed by atoms with Crippen molar-refractivity contribution in [2.24, 2.45) is 0 Å². The molecule has 1 heterocycles. The highest BCUT2D eigenvalue weighted by Crippen LogP contribution is 2.30. The molecule has 2 nitrogen and oxygen atoms in total. The summed E-state index contributed by atoms with van der Waals surface area (Å²) in [6, 6.07) is 8.65. The molecule has 0 saturated carbocycles. The van der Waals surface area contributed by atoms with E-state index in [0.29, 0.717) is 0 Å². The van der Waals surface area contributed by atoms with Crippen LogP contribution in [-0.4, -0.2) is 4.98 Å². The van der Waals surface area contributed by atoms with E-state index in [0.717, 1.165) is 11.3 Å². The van der Waals surface area contributed by atoms with Crippen molar-refractivity contribution in [2.45, 2.75) is 19.3 Å². The molecule has 0 fully saturated rings. The molecular formula is C14H14N2. The molecule has 0 aliphatic heterocycles. The first-order valence-electron chi connectivity index (χ1n) is 5.66. The number of anilines is 1. The number of nitrogens with two attached hydrogens (primary N) is 1. The Labute approximate surface area is 95.1 Å². The maximum atomic E-state index is 5.94.